The van der Waals surface area contributed by atoms with Gasteiger partial charge < -0.3 is 9.47 Å². The molecule has 2 aromatic rings. The first kappa shape index (κ1) is 17.9. The van der Waals surface area contributed by atoms with Crippen LogP contribution in [-0.4, -0.2) is 37.1 Å². The summed E-state index contributed by atoms with van der Waals surface area (Å²) >= 11 is 0. The van der Waals surface area contributed by atoms with Crippen LogP contribution in [0.1, 0.15) is 28.9 Å². The highest BCUT2D eigenvalue weighted by Crippen LogP contribution is 2.22. The van der Waals surface area contributed by atoms with Crippen LogP contribution < -0.4 is 5.56 Å². The van der Waals surface area contributed by atoms with Crippen molar-refractivity contribution in [2.45, 2.75) is 17.9 Å². The average molecular weight is 348 g/mol. The van der Waals surface area contributed by atoms with Gasteiger partial charge in [-0.3, -0.25) is 9.59 Å². The first-order valence-electron chi connectivity index (χ1n) is 7.35. The summed E-state index contributed by atoms with van der Waals surface area (Å²) in [7, 11) is 0.0138. The van der Waals surface area contributed by atoms with Gasteiger partial charge in [0.2, 0.25) is 0 Å². The lowest BCUT2D eigenvalue weighted by Gasteiger charge is -2.25. The number of hydrogen-bond acceptors (Lipinski definition) is 4. The van der Waals surface area contributed by atoms with E-state index in [1.54, 1.807) is 38.5 Å². The maximum absolute atomic E-state index is 12.5. The molecule has 0 saturated heterocycles. The van der Waals surface area contributed by atoms with Gasteiger partial charge in [-0.25, -0.2) is 8.42 Å². The smallest absolute Gasteiger partial charge is 0.254 e. The standard InChI is InChI=1S/C17H20N2O4S/c1-12(13-5-7-15(8-6-13)24(4,22)23)19(3)17(21)14-9-10-18(2)16(20)11-14/h5-12H,1-4H3/t12-/m0/s1. The van der Waals surface area contributed by atoms with Crippen molar-refractivity contribution in [3.63, 3.8) is 0 Å². The van der Waals surface area contributed by atoms with E-state index in [9.17, 15) is 18.0 Å². The van der Waals surface area contributed by atoms with Crippen LogP contribution in [0.5, 0.6) is 0 Å². The Kier molecular flexibility index (Phi) is 4.94. The number of aryl methyl sites for hydroxylation is 1. The summed E-state index contributed by atoms with van der Waals surface area (Å²) < 4.78 is 24.4. The zero-order valence-electron chi connectivity index (χ0n) is 14.1. The van der Waals surface area contributed by atoms with Gasteiger partial charge in [-0.1, -0.05) is 12.1 Å². The lowest BCUT2D eigenvalue weighted by atomic mass is 10.1. The molecule has 0 unspecified atom stereocenters. The molecule has 0 aliphatic carbocycles. The van der Waals surface area contributed by atoms with Crippen LogP contribution in [0.2, 0.25) is 0 Å². The molecule has 1 atom stereocenters. The molecular formula is C17H20N2O4S. The minimum atomic E-state index is -3.25. The molecule has 0 radical (unpaired) electrons. The van der Waals surface area contributed by atoms with E-state index in [1.165, 1.54) is 27.7 Å². The van der Waals surface area contributed by atoms with Crippen LogP contribution in [0.25, 0.3) is 0 Å². The SMILES string of the molecule is C[C@@H](c1ccc(S(C)(=O)=O)cc1)N(C)C(=O)c1ccn(C)c(=O)c1. The second-order valence-electron chi connectivity index (χ2n) is 5.80. The van der Waals surface area contributed by atoms with Crippen molar-refractivity contribution in [1.82, 2.24) is 9.47 Å². The van der Waals surface area contributed by atoms with Crippen molar-refractivity contribution >= 4 is 15.7 Å². The van der Waals surface area contributed by atoms with E-state index in [0.29, 0.717) is 5.56 Å². The van der Waals surface area contributed by atoms with Gasteiger partial charge in [-0.2, -0.15) is 0 Å². The highest BCUT2D eigenvalue weighted by Gasteiger charge is 2.20. The number of benzene rings is 1. The van der Waals surface area contributed by atoms with Crippen LogP contribution in [0.3, 0.4) is 0 Å². The van der Waals surface area contributed by atoms with Gasteiger partial charge in [0, 0.05) is 38.2 Å². The minimum absolute atomic E-state index is 0.235. The van der Waals surface area contributed by atoms with Crippen molar-refractivity contribution in [3.8, 4) is 0 Å². The van der Waals surface area contributed by atoms with Gasteiger partial charge in [0.15, 0.2) is 9.84 Å². The third-order valence-corrected chi connectivity index (χ3v) is 5.17. The minimum Gasteiger partial charge on any atom is -0.335 e. The largest absolute Gasteiger partial charge is 0.335 e. The van der Waals surface area contributed by atoms with E-state index >= 15 is 0 Å². The first-order chi connectivity index (χ1) is 11.1. The fourth-order valence-corrected chi connectivity index (χ4v) is 2.91. The molecule has 1 aromatic heterocycles. The van der Waals surface area contributed by atoms with Gasteiger partial charge in [-0.05, 0) is 30.7 Å². The Hall–Kier alpha value is -2.41. The maximum Gasteiger partial charge on any atom is 0.254 e. The van der Waals surface area contributed by atoms with Crippen LogP contribution in [0, 0.1) is 0 Å². The second kappa shape index (κ2) is 6.60. The van der Waals surface area contributed by atoms with E-state index in [4.69, 9.17) is 0 Å². The van der Waals surface area contributed by atoms with Gasteiger partial charge in [0.25, 0.3) is 11.5 Å². The normalized spacial score (nSPS) is 12.7. The Morgan fingerprint density at radius 2 is 1.75 bits per heavy atom. The molecule has 0 saturated carbocycles. The van der Waals surface area contributed by atoms with E-state index in [0.717, 1.165) is 11.8 Å². The molecule has 0 fully saturated rings. The summed E-state index contributed by atoms with van der Waals surface area (Å²) in [4.78, 5) is 26.0. The summed E-state index contributed by atoms with van der Waals surface area (Å²) in [5.74, 6) is -0.271. The number of pyridine rings is 1. The Labute approximate surface area is 141 Å². The third-order valence-electron chi connectivity index (χ3n) is 4.04. The molecule has 0 spiro atoms. The fourth-order valence-electron chi connectivity index (χ4n) is 2.28. The van der Waals surface area contributed by atoms with Crippen molar-refractivity contribution in [3.05, 3.63) is 64.1 Å². The number of aromatic nitrogens is 1. The number of rotatable bonds is 4. The lowest BCUT2D eigenvalue weighted by Crippen LogP contribution is -2.31. The van der Waals surface area contributed by atoms with Gasteiger partial charge >= 0.3 is 0 Å². The summed E-state index contributed by atoms with van der Waals surface area (Å²) in [5.41, 5.74) is 0.877. The average Bonchev–Trinajstić information content (AvgIpc) is 2.54. The monoisotopic (exact) mass is 348 g/mol. The molecule has 1 aromatic carbocycles. The summed E-state index contributed by atoms with van der Waals surface area (Å²) in [6.07, 6.45) is 2.70. The van der Waals surface area contributed by atoms with E-state index < -0.39 is 9.84 Å². The van der Waals surface area contributed by atoms with Crippen LogP contribution >= 0.6 is 0 Å². The van der Waals surface area contributed by atoms with Crippen molar-refractivity contribution in [2.24, 2.45) is 7.05 Å². The van der Waals surface area contributed by atoms with Gasteiger partial charge in [-0.15, -0.1) is 0 Å². The zero-order chi connectivity index (χ0) is 18.1. The summed E-state index contributed by atoms with van der Waals surface area (Å²) in [5, 5.41) is 0. The highest BCUT2D eigenvalue weighted by atomic mass is 32.2. The van der Waals surface area contributed by atoms with E-state index in [1.807, 2.05) is 6.92 Å². The van der Waals surface area contributed by atoms with Crippen molar-refractivity contribution < 1.29 is 13.2 Å². The van der Waals surface area contributed by atoms with Gasteiger partial charge in [0.05, 0.1) is 10.9 Å². The number of hydrogen-bond donors (Lipinski definition) is 0. The quantitative estimate of drug-likeness (QED) is 0.841. The predicted molar refractivity (Wildman–Crippen MR) is 91.7 cm³/mol. The molecule has 7 heteroatoms. The molecule has 1 amide bonds. The molecule has 128 valence electrons. The first-order valence-corrected chi connectivity index (χ1v) is 9.24. The molecule has 1 heterocycles. The molecule has 24 heavy (non-hydrogen) atoms. The second-order valence-corrected chi connectivity index (χ2v) is 7.81. The fraction of sp³-hybridized carbons (Fsp3) is 0.294. The van der Waals surface area contributed by atoms with Gasteiger partial charge in [0.1, 0.15) is 0 Å². The highest BCUT2D eigenvalue weighted by molar-refractivity contribution is 7.90. The van der Waals surface area contributed by atoms with Crippen LogP contribution in [0.4, 0.5) is 0 Å². The van der Waals surface area contributed by atoms with E-state index in [2.05, 4.69) is 0 Å². The maximum atomic E-state index is 12.5. The predicted octanol–water partition coefficient (Wildman–Crippen LogP) is 1.62. The van der Waals surface area contributed by atoms with E-state index in [-0.39, 0.29) is 22.4 Å². The third kappa shape index (κ3) is 3.73. The zero-order valence-corrected chi connectivity index (χ0v) is 14.9. The molecule has 0 N–H and O–H groups in total. The van der Waals surface area contributed by atoms with Crippen molar-refractivity contribution in [1.29, 1.82) is 0 Å². The Balaban J connectivity index is 2.25. The Morgan fingerprint density at radius 3 is 2.25 bits per heavy atom. The molecule has 0 aliphatic rings. The molecule has 2 rings (SSSR count). The molecular weight excluding hydrogens is 328 g/mol. The Morgan fingerprint density at radius 1 is 1.17 bits per heavy atom. The number of carbonyl (C=O) groups is 1. The number of amides is 1. The number of nitrogens with zero attached hydrogens (tertiary/aromatic N) is 2. The number of sulfone groups is 1. The molecule has 0 bridgehead atoms. The summed E-state index contributed by atoms with van der Waals surface area (Å²) in [6.45, 7) is 1.84. The lowest BCUT2D eigenvalue weighted by molar-refractivity contribution is 0.0742. The summed E-state index contributed by atoms with van der Waals surface area (Å²) in [6, 6.07) is 9.06. The van der Waals surface area contributed by atoms with Crippen LogP contribution in [0.15, 0.2) is 52.3 Å². The molecule has 6 nitrogen and oxygen atoms in total. The van der Waals surface area contributed by atoms with Crippen molar-refractivity contribution in [2.75, 3.05) is 13.3 Å². The Bertz CT molecular complexity index is 914. The van der Waals surface area contributed by atoms with Crippen LogP contribution in [-0.2, 0) is 16.9 Å². The molecule has 0 aliphatic heterocycles. The topological polar surface area (TPSA) is 76.5 Å². The number of carbonyl (C=O) groups excluding carboxylic acids is 1.